The molecule has 2 unspecified atom stereocenters. The average Bonchev–Trinajstić information content (AvgIpc) is 3.44. The van der Waals surface area contributed by atoms with E-state index in [9.17, 15) is 10.1 Å². The molecule has 2 aromatic rings. The van der Waals surface area contributed by atoms with Crippen molar-refractivity contribution in [3.8, 4) is 6.07 Å². The highest BCUT2D eigenvalue weighted by molar-refractivity contribution is 7.44. The zero-order valence-electron chi connectivity index (χ0n) is 26.9. The maximum Gasteiger partial charge on any atom is 0.259 e. The van der Waals surface area contributed by atoms with Gasteiger partial charge in [-0.15, -0.1) is 0 Å². The normalized spacial score (nSPS) is 22.3. The molecule has 0 bridgehead atoms. The molecule has 42 heavy (non-hydrogen) atoms. The molecule has 1 aliphatic heterocycles. The first-order valence-electron chi connectivity index (χ1n) is 14.7. The van der Waals surface area contributed by atoms with Crippen LogP contribution in [-0.2, 0) is 23.0 Å². The summed E-state index contributed by atoms with van der Waals surface area (Å²) in [5.41, 5.74) is 0.990. The molecular weight excluding hydrogens is 573 g/mol. The third-order valence-electron chi connectivity index (χ3n) is 7.73. The van der Waals surface area contributed by atoms with Crippen molar-refractivity contribution >= 4 is 39.7 Å². The van der Waals surface area contributed by atoms with Crippen molar-refractivity contribution < 1.29 is 23.0 Å². The Bertz CT molecular complexity index is 1240. The second-order valence-corrected chi connectivity index (χ2v) is 18.8. The number of aromatic nitrogens is 4. The van der Waals surface area contributed by atoms with Gasteiger partial charge in [0.1, 0.15) is 18.5 Å². The van der Waals surface area contributed by atoms with Crippen LogP contribution in [0, 0.1) is 11.3 Å². The SMILES string of the molecule is CC[C@H]1O[C@@H](n2cnc3c(NC(C)=O)ncnc32)C(O[Si](C)(C)C(C)(C)C)[C@H]1OP(OCCC#N)N(C(C)C)C(C)C. The summed E-state index contributed by atoms with van der Waals surface area (Å²) < 4.78 is 31.2. The predicted molar refractivity (Wildman–Crippen MR) is 166 cm³/mol. The van der Waals surface area contributed by atoms with Crippen LogP contribution in [0.15, 0.2) is 12.7 Å². The number of imidazole rings is 1. The number of hydrogen-bond acceptors (Lipinski definition) is 10. The number of carbonyl (C=O) groups is 1. The molecule has 0 aliphatic carbocycles. The van der Waals surface area contributed by atoms with Gasteiger partial charge in [-0.1, -0.05) is 27.7 Å². The van der Waals surface area contributed by atoms with Gasteiger partial charge in [0, 0.05) is 19.0 Å². The molecular formula is C28H48N7O5PSi. The van der Waals surface area contributed by atoms with Gasteiger partial charge in [0.05, 0.1) is 31.5 Å². The zero-order chi connectivity index (χ0) is 31.4. The van der Waals surface area contributed by atoms with Gasteiger partial charge in [-0.3, -0.25) is 9.36 Å². The van der Waals surface area contributed by atoms with E-state index in [-0.39, 0.29) is 42.2 Å². The molecule has 0 saturated carbocycles. The fraction of sp³-hybridized carbons (Fsp3) is 0.750. The third kappa shape index (κ3) is 7.72. The summed E-state index contributed by atoms with van der Waals surface area (Å²) in [6.07, 6.45) is 2.16. The number of hydrogen-bond donors (Lipinski definition) is 1. The molecule has 14 heteroatoms. The summed E-state index contributed by atoms with van der Waals surface area (Å²) in [6.45, 7) is 23.3. The standard InChI is InChI=1S/C28H48N7O5PSi/c1-12-21-23(39-41(37-15-13-14-29)35(18(2)3)19(4)5)24(40-42(10,11)28(7,8)9)27(38-21)34-17-32-22-25(33-20(6)36)30-16-31-26(22)34/h16-19,21,23-24,27H,12-13,15H2,1-11H3,(H,30,31,33,36)/t21-,23+,24?,27-,41?/m1/s1. The van der Waals surface area contributed by atoms with E-state index in [1.807, 2.05) is 4.57 Å². The first kappa shape index (κ1) is 34.4. The number of fused-ring (bicyclic) bond motifs is 1. The Morgan fingerprint density at radius 2 is 1.88 bits per heavy atom. The number of anilines is 1. The van der Waals surface area contributed by atoms with Crippen LogP contribution in [0.25, 0.3) is 11.2 Å². The number of nitriles is 1. The maximum absolute atomic E-state index is 11.8. The van der Waals surface area contributed by atoms with Gasteiger partial charge in [-0.25, -0.2) is 19.6 Å². The van der Waals surface area contributed by atoms with Crippen molar-refractivity contribution in [3.05, 3.63) is 12.7 Å². The summed E-state index contributed by atoms with van der Waals surface area (Å²) in [5, 5.41) is 11.9. The lowest BCUT2D eigenvalue weighted by molar-refractivity contribution is -0.114. The van der Waals surface area contributed by atoms with Crippen molar-refractivity contribution in [1.29, 1.82) is 5.26 Å². The van der Waals surface area contributed by atoms with Crippen LogP contribution in [0.3, 0.4) is 0 Å². The number of ether oxygens (including phenoxy) is 1. The third-order valence-corrected chi connectivity index (χ3v) is 14.3. The van der Waals surface area contributed by atoms with E-state index in [1.165, 1.54) is 13.3 Å². The van der Waals surface area contributed by atoms with Crippen molar-refractivity contribution in [2.45, 2.75) is 130 Å². The van der Waals surface area contributed by atoms with Crippen molar-refractivity contribution in [2.24, 2.45) is 0 Å². The molecule has 1 saturated heterocycles. The van der Waals surface area contributed by atoms with E-state index in [0.29, 0.717) is 23.4 Å². The molecule has 12 nitrogen and oxygen atoms in total. The molecule has 3 heterocycles. The highest BCUT2D eigenvalue weighted by Gasteiger charge is 2.53. The molecule has 234 valence electrons. The summed E-state index contributed by atoms with van der Waals surface area (Å²) in [5.74, 6) is 0.0924. The first-order valence-corrected chi connectivity index (χ1v) is 18.7. The van der Waals surface area contributed by atoms with Crippen LogP contribution in [-0.4, -0.2) is 75.4 Å². The number of amides is 1. The number of nitrogens with zero attached hydrogens (tertiary/aromatic N) is 6. The van der Waals surface area contributed by atoms with E-state index >= 15 is 0 Å². The van der Waals surface area contributed by atoms with E-state index in [4.69, 9.17) is 18.2 Å². The van der Waals surface area contributed by atoms with Crippen LogP contribution >= 0.6 is 8.53 Å². The Morgan fingerprint density at radius 1 is 1.21 bits per heavy atom. The van der Waals surface area contributed by atoms with Crippen LogP contribution in [0.5, 0.6) is 0 Å². The summed E-state index contributed by atoms with van der Waals surface area (Å²) in [7, 11) is -3.88. The van der Waals surface area contributed by atoms with Crippen LogP contribution in [0.1, 0.15) is 81.4 Å². The predicted octanol–water partition coefficient (Wildman–Crippen LogP) is 6.14. The maximum atomic E-state index is 11.8. The van der Waals surface area contributed by atoms with E-state index in [1.54, 1.807) is 6.33 Å². The van der Waals surface area contributed by atoms with Gasteiger partial charge in [0.2, 0.25) is 5.91 Å². The Labute approximate surface area is 252 Å². The smallest absolute Gasteiger partial charge is 0.259 e. The lowest BCUT2D eigenvalue weighted by Crippen LogP contribution is -2.49. The Kier molecular flexibility index (Phi) is 11.6. The van der Waals surface area contributed by atoms with Crippen molar-refractivity contribution in [2.75, 3.05) is 11.9 Å². The van der Waals surface area contributed by atoms with Crippen molar-refractivity contribution in [1.82, 2.24) is 24.2 Å². The lowest BCUT2D eigenvalue weighted by atomic mass is 10.1. The van der Waals surface area contributed by atoms with Crippen LogP contribution < -0.4 is 5.32 Å². The van der Waals surface area contributed by atoms with Crippen molar-refractivity contribution in [3.63, 3.8) is 0 Å². The Balaban J connectivity index is 2.11. The van der Waals surface area contributed by atoms with Crippen LogP contribution in [0.4, 0.5) is 5.82 Å². The number of rotatable bonds is 13. The minimum atomic E-state index is -2.34. The largest absolute Gasteiger partial charge is 0.407 e. The summed E-state index contributed by atoms with van der Waals surface area (Å²) in [6, 6.07) is 2.47. The fourth-order valence-electron chi connectivity index (χ4n) is 4.73. The zero-order valence-corrected chi connectivity index (χ0v) is 28.8. The van der Waals surface area contributed by atoms with Gasteiger partial charge in [0.15, 0.2) is 31.5 Å². The van der Waals surface area contributed by atoms with Gasteiger partial charge < -0.3 is 23.5 Å². The molecule has 1 N–H and O–H groups in total. The molecule has 1 fully saturated rings. The molecule has 5 atom stereocenters. The lowest BCUT2D eigenvalue weighted by Gasteiger charge is -2.42. The molecule has 1 amide bonds. The summed E-state index contributed by atoms with van der Waals surface area (Å²) in [4.78, 5) is 25.1. The van der Waals surface area contributed by atoms with E-state index in [0.717, 1.165) is 0 Å². The quantitative estimate of drug-likeness (QED) is 0.158. The van der Waals surface area contributed by atoms with Gasteiger partial charge in [0.25, 0.3) is 8.53 Å². The Morgan fingerprint density at radius 3 is 2.43 bits per heavy atom. The van der Waals surface area contributed by atoms with E-state index < -0.39 is 35.3 Å². The molecule has 0 spiro atoms. The highest BCUT2D eigenvalue weighted by atomic mass is 31.2. The summed E-state index contributed by atoms with van der Waals surface area (Å²) >= 11 is 0. The van der Waals surface area contributed by atoms with Gasteiger partial charge in [-0.2, -0.15) is 5.26 Å². The number of carbonyl (C=O) groups excluding carboxylic acids is 1. The highest BCUT2D eigenvalue weighted by Crippen LogP contribution is 2.52. The molecule has 2 aromatic heterocycles. The minimum absolute atomic E-state index is 0.0694. The molecule has 1 aliphatic rings. The Hall–Kier alpha value is -2.04. The van der Waals surface area contributed by atoms with E-state index in [2.05, 4.69) is 99.5 Å². The van der Waals surface area contributed by atoms with Gasteiger partial charge >= 0.3 is 0 Å². The molecule has 3 rings (SSSR count). The monoisotopic (exact) mass is 621 g/mol. The van der Waals surface area contributed by atoms with Gasteiger partial charge in [-0.05, 0) is 52.2 Å². The second-order valence-electron chi connectivity index (χ2n) is 12.7. The van der Waals surface area contributed by atoms with Crippen LogP contribution in [0.2, 0.25) is 18.1 Å². The molecule has 0 aromatic carbocycles. The minimum Gasteiger partial charge on any atom is -0.407 e. The topological polar surface area (TPSA) is 137 Å². The molecule has 0 radical (unpaired) electrons. The average molecular weight is 622 g/mol. The number of nitrogens with one attached hydrogen (secondary N) is 1. The fourth-order valence-corrected chi connectivity index (χ4v) is 7.78. The second kappa shape index (κ2) is 14.2. The first-order chi connectivity index (χ1) is 19.6.